The molecule has 6 nitrogen and oxygen atoms in total. The van der Waals surface area contributed by atoms with Crippen molar-refractivity contribution in [1.29, 1.82) is 0 Å². The number of para-hydroxylation sites is 2. The van der Waals surface area contributed by atoms with Gasteiger partial charge in [-0.05, 0) is 30.2 Å². The SMILES string of the molecule is CCCCCOc1ccccc1C(=O)NNC(=O)COc1ccccc1-c1ccccc1. The molecule has 0 aromatic heterocycles. The molecule has 0 spiro atoms. The smallest absolute Gasteiger partial charge is 0.276 e. The first kappa shape index (κ1) is 22.9. The lowest BCUT2D eigenvalue weighted by Crippen LogP contribution is -2.44. The molecule has 0 aliphatic heterocycles. The van der Waals surface area contributed by atoms with Crippen molar-refractivity contribution in [3.8, 4) is 22.6 Å². The van der Waals surface area contributed by atoms with Crippen molar-refractivity contribution >= 4 is 11.8 Å². The van der Waals surface area contributed by atoms with Gasteiger partial charge in [-0.2, -0.15) is 0 Å². The lowest BCUT2D eigenvalue weighted by Gasteiger charge is -2.13. The number of hydrogen-bond donors (Lipinski definition) is 2. The Balaban J connectivity index is 1.53. The number of nitrogens with one attached hydrogen (secondary N) is 2. The summed E-state index contributed by atoms with van der Waals surface area (Å²) in [5.41, 5.74) is 7.06. The number of carbonyl (C=O) groups excluding carboxylic acids is 2. The van der Waals surface area contributed by atoms with Gasteiger partial charge in [-0.25, -0.2) is 0 Å². The van der Waals surface area contributed by atoms with E-state index in [0.29, 0.717) is 23.7 Å². The minimum Gasteiger partial charge on any atom is -0.493 e. The third-order valence-electron chi connectivity index (χ3n) is 4.78. The molecule has 0 aliphatic carbocycles. The Bertz CT molecular complexity index is 1020. The van der Waals surface area contributed by atoms with E-state index in [2.05, 4.69) is 17.8 Å². The van der Waals surface area contributed by atoms with E-state index in [1.54, 1.807) is 24.3 Å². The van der Waals surface area contributed by atoms with E-state index in [4.69, 9.17) is 9.47 Å². The van der Waals surface area contributed by atoms with Gasteiger partial charge in [0.2, 0.25) is 0 Å². The first-order chi connectivity index (χ1) is 15.7. The van der Waals surface area contributed by atoms with Crippen LogP contribution in [0.2, 0.25) is 0 Å². The van der Waals surface area contributed by atoms with Crippen molar-refractivity contribution in [2.24, 2.45) is 0 Å². The molecular formula is C26H28N2O4. The number of hydrazine groups is 1. The lowest BCUT2D eigenvalue weighted by molar-refractivity contribution is -0.123. The van der Waals surface area contributed by atoms with Crippen LogP contribution in [0.15, 0.2) is 78.9 Å². The molecule has 6 heteroatoms. The van der Waals surface area contributed by atoms with E-state index < -0.39 is 11.8 Å². The van der Waals surface area contributed by atoms with Crippen LogP contribution in [0.5, 0.6) is 11.5 Å². The molecule has 0 saturated heterocycles. The zero-order valence-corrected chi connectivity index (χ0v) is 18.2. The molecule has 0 heterocycles. The Kier molecular flexibility index (Phi) is 8.69. The quantitative estimate of drug-likeness (QED) is 0.358. The van der Waals surface area contributed by atoms with E-state index in [1.807, 2.05) is 54.6 Å². The van der Waals surface area contributed by atoms with Crippen molar-refractivity contribution in [2.45, 2.75) is 26.2 Å². The second-order valence-electron chi connectivity index (χ2n) is 7.20. The van der Waals surface area contributed by atoms with Crippen molar-refractivity contribution in [3.63, 3.8) is 0 Å². The zero-order chi connectivity index (χ0) is 22.6. The van der Waals surface area contributed by atoms with E-state index >= 15 is 0 Å². The Morgan fingerprint density at radius 1 is 0.750 bits per heavy atom. The molecule has 0 unspecified atom stereocenters. The first-order valence-electron chi connectivity index (χ1n) is 10.8. The standard InChI is InChI=1S/C26H28N2O4/c1-2-3-11-18-31-24-17-10-8-15-22(24)26(30)28-27-25(29)19-32-23-16-9-7-14-21(23)20-12-5-4-6-13-20/h4-10,12-17H,2-3,11,18-19H2,1H3,(H,27,29)(H,28,30). The average Bonchev–Trinajstić information content (AvgIpc) is 2.85. The number of benzene rings is 3. The summed E-state index contributed by atoms with van der Waals surface area (Å²) >= 11 is 0. The van der Waals surface area contributed by atoms with Crippen molar-refractivity contribution in [1.82, 2.24) is 10.9 Å². The van der Waals surface area contributed by atoms with Gasteiger partial charge in [0.15, 0.2) is 6.61 Å². The maximum Gasteiger partial charge on any atom is 0.276 e. The van der Waals surface area contributed by atoms with Crippen LogP contribution in [0.1, 0.15) is 36.5 Å². The number of ether oxygens (including phenoxy) is 2. The lowest BCUT2D eigenvalue weighted by atomic mass is 10.1. The number of carbonyl (C=O) groups is 2. The van der Waals surface area contributed by atoms with Gasteiger partial charge in [-0.1, -0.05) is 80.4 Å². The van der Waals surface area contributed by atoms with Crippen molar-refractivity contribution < 1.29 is 19.1 Å². The summed E-state index contributed by atoms with van der Waals surface area (Å²) in [6.07, 6.45) is 3.08. The van der Waals surface area contributed by atoms with E-state index in [1.165, 1.54) is 0 Å². The second-order valence-corrected chi connectivity index (χ2v) is 7.20. The summed E-state index contributed by atoms with van der Waals surface area (Å²) < 4.78 is 11.4. The summed E-state index contributed by atoms with van der Waals surface area (Å²) in [6.45, 7) is 2.42. The zero-order valence-electron chi connectivity index (χ0n) is 18.2. The minimum atomic E-state index is -0.470. The van der Waals surface area contributed by atoms with Crippen LogP contribution < -0.4 is 20.3 Å². The van der Waals surface area contributed by atoms with Crippen LogP contribution >= 0.6 is 0 Å². The normalized spacial score (nSPS) is 10.3. The highest BCUT2D eigenvalue weighted by Crippen LogP contribution is 2.29. The summed E-state index contributed by atoms with van der Waals surface area (Å²) in [6, 6.07) is 24.2. The number of unbranched alkanes of at least 4 members (excludes halogenated alkanes) is 2. The average molecular weight is 433 g/mol. The third-order valence-corrected chi connectivity index (χ3v) is 4.78. The maximum atomic E-state index is 12.5. The van der Waals surface area contributed by atoms with E-state index in [9.17, 15) is 9.59 Å². The number of rotatable bonds is 10. The molecule has 3 aromatic carbocycles. The monoisotopic (exact) mass is 432 g/mol. The van der Waals surface area contributed by atoms with E-state index in [-0.39, 0.29) is 6.61 Å². The van der Waals surface area contributed by atoms with Crippen LogP contribution in [0.25, 0.3) is 11.1 Å². The molecule has 32 heavy (non-hydrogen) atoms. The number of amides is 2. The van der Waals surface area contributed by atoms with Crippen LogP contribution in [0.3, 0.4) is 0 Å². The van der Waals surface area contributed by atoms with E-state index in [0.717, 1.165) is 30.4 Å². The predicted molar refractivity (Wildman–Crippen MR) is 124 cm³/mol. The molecule has 2 amide bonds. The van der Waals surface area contributed by atoms with Gasteiger partial charge in [-0.15, -0.1) is 0 Å². The molecule has 166 valence electrons. The topological polar surface area (TPSA) is 76.7 Å². The summed E-state index contributed by atoms with van der Waals surface area (Å²) in [5, 5.41) is 0. The van der Waals surface area contributed by atoms with Gasteiger partial charge in [0.25, 0.3) is 11.8 Å². The Morgan fingerprint density at radius 2 is 1.44 bits per heavy atom. The molecule has 0 bridgehead atoms. The molecule has 3 aromatic rings. The minimum absolute atomic E-state index is 0.237. The summed E-state index contributed by atoms with van der Waals surface area (Å²) in [4.78, 5) is 24.8. The van der Waals surface area contributed by atoms with Crippen molar-refractivity contribution in [2.75, 3.05) is 13.2 Å². The molecule has 0 radical (unpaired) electrons. The third kappa shape index (κ3) is 6.60. The molecule has 0 fully saturated rings. The Morgan fingerprint density at radius 3 is 2.22 bits per heavy atom. The molecule has 0 aliphatic rings. The maximum absolute atomic E-state index is 12.5. The highest BCUT2D eigenvalue weighted by Gasteiger charge is 2.14. The Labute approximate surface area is 188 Å². The van der Waals surface area contributed by atoms with Crippen LogP contribution in [-0.4, -0.2) is 25.0 Å². The highest BCUT2D eigenvalue weighted by molar-refractivity contribution is 5.97. The number of hydrogen-bond acceptors (Lipinski definition) is 4. The Hall–Kier alpha value is -3.80. The first-order valence-corrected chi connectivity index (χ1v) is 10.8. The molecular weight excluding hydrogens is 404 g/mol. The largest absolute Gasteiger partial charge is 0.493 e. The van der Waals surface area contributed by atoms with Gasteiger partial charge in [0, 0.05) is 5.56 Å². The fourth-order valence-corrected chi connectivity index (χ4v) is 3.14. The molecule has 3 rings (SSSR count). The van der Waals surface area contributed by atoms with Crippen LogP contribution in [0, 0.1) is 0 Å². The fraction of sp³-hybridized carbons (Fsp3) is 0.231. The molecule has 0 atom stereocenters. The summed E-state index contributed by atoms with van der Waals surface area (Å²) in [7, 11) is 0. The van der Waals surface area contributed by atoms with Crippen LogP contribution in [0.4, 0.5) is 0 Å². The molecule has 0 saturated carbocycles. The van der Waals surface area contributed by atoms with Crippen molar-refractivity contribution in [3.05, 3.63) is 84.4 Å². The molecule has 2 N–H and O–H groups in total. The van der Waals surface area contributed by atoms with Gasteiger partial charge in [0.1, 0.15) is 11.5 Å². The van der Waals surface area contributed by atoms with Gasteiger partial charge in [0.05, 0.1) is 12.2 Å². The van der Waals surface area contributed by atoms with Crippen LogP contribution in [-0.2, 0) is 4.79 Å². The van der Waals surface area contributed by atoms with Gasteiger partial charge < -0.3 is 9.47 Å². The second kappa shape index (κ2) is 12.2. The van der Waals surface area contributed by atoms with Gasteiger partial charge >= 0.3 is 0 Å². The summed E-state index contributed by atoms with van der Waals surface area (Å²) in [5.74, 6) is 0.158. The highest BCUT2D eigenvalue weighted by atomic mass is 16.5. The fourth-order valence-electron chi connectivity index (χ4n) is 3.14. The van der Waals surface area contributed by atoms with Gasteiger partial charge in [-0.3, -0.25) is 20.4 Å². The predicted octanol–water partition coefficient (Wildman–Crippen LogP) is 4.76.